The van der Waals surface area contributed by atoms with Crippen LogP contribution in [0.25, 0.3) is 0 Å². The van der Waals surface area contributed by atoms with Gasteiger partial charge in [-0.3, -0.25) is 14.1 Å². The Morgan fingerprint density at radius 1 is 1.44 bits per heavy atom. The van der Waals surface area contributed by atoms with Crippen molar-refractivity contribution in [1.29, 1.82) is 0 Å². The lowest BCUT2D eigenvalue weighted by atomic mass is 10.2. The van der Waals surface area contributed by atoms with Gasteiger partial charge in [0.15, 0.2) is 0 Å². The van der Waals surface area contributed by atoms with Crippen LogP contribution < -0.4 is 10.6 Å². The van der Waals surface area contributed by atoms with Crippen molar-refractivity contribution < 1.29 is 27.7 Å². The summed E-state index contributed by atoms with van der Waals surface area (Å²) in [5.74, 6) is -1.77. The van der Waals surface area contributed by atoms with E-state index >= 15 is 0 Å². The SMILES string of the molecule is O=C(O)CNC(=O)C1CC(S(=O)(=O)O)CN1. The van der Waals surface area contributed by atoms with E-state index in [1.165, 1.54) is 0 Å². The van der Waals surface area contributed by atoms with Gasteiger partial charge < -0.3 is 15.7 Å². The first-order chi connectivity index (χ1) is 7.30. The fourth-order valence-electron chi connectivity index (χ4n) is 1.42. The molecule has 1 heterocycles. The largest absolute Gasteiger partial charge is 0.480 e. The Morgan fingerprint density at radius 2 is 2.06 bits per heavy atom. The maximum atomic E-state index is 11.3. The van der Waals surface area contributed by atoms with Crippen molar-refractivity contribution >= 4 is 22.0 Å². The summed E-state index contributed by atoms with van der Waals surface area (Å²) in [6, 6.07) is -0.786. The summed E-state index contributed by atoms with van der Waals surface area (Å²) in [5, 5.41) is 12.0. The number of amides is 1. The molecule has 0 aliphatic carbocycles. The normalized spacial score (nSPS) is 25.3. The number of rotatable bonds is 4. The third kappa shape index (κ3) is 3.43. The van der Waals surface area contributed by atoms with Gasteiger partial charge in [-0.15, -0.1) is 0 Å². The lowest BCUT2D eigenvalue weighted by molar-refractivity contribution is -0.138. The molecule has 0 aromatic rings. The molecule has 1 saturated heterocycles. The second kappa shape index (κ2) is 4.76. The Hall–Kier alpha value is -1.19. The molecule has 1 amide bonds. The van der Waals surface area contributed by atoms with Gasteiger partial charge in [0.05, 0.1) is 6.04 Å². The molecule has 2 unspecified atom stereocenters. The van der Waals surface area contributed by atoms with E-state index in [9.17, 15) is 18.0 Å². The van der Waals surface area contributed by atoms with Crippen LogP contribution in [0.2, 0.25) is 0 Å². The van der Waals surface area contributed by atoms with Gasteiger partial charge in [-0.25, -0.2) is 0 Å². The quantitative estimate of drug-likeness (QED) is 0.417. The molecule has 9 heteroatoms. The predicted octanol–water partition coefficient (Wildman–Crippen LogP) is -2.19. The van der Waals surface area contributed by atoms with Crippen LogP contribution in [0.3, 0.4) is 0 Å². The van der Waals surface area contributed by atoms with Crippen molar-refractivity contribution in [3.63, 3.8) is 0 Å². The highest BCUT2D eigenvalue weighted by atomic mass is 32.2. The zero-order chi connectivity index (χ0) is 12.3. The molecule has 8 nitrogen and oxygen atoms in total. The van der Waals surface area contributed by atoms with E-state index in [0.29, 0.717) is 0 Å². The molecule has 4 N–H and O–H groups in total. The molecule has 0 bridgehead atoms. The molecule has 1 rings (SSSR count). The molecule has 2 atom stereocenters. The lowest BCUT2D eigenvalue weighted by Gasteiger charge is -2.09. The molecular formula is C7H12N2O6S. The van der Waals surface area contributed by atoms with Crippen LogP contribution in [0, 0.1) is 0 Å². The Kier molecular flexibility index (Phi) is 3.83. The maximum absolute atomic E-state index is 11.3. The molecule has 0 aromatic heterocycles. The summed E-state index contributed by atoms with van der Waals surface area (Å²) in [6.45, 7) is -0.544. The Balaban J connectivity index is 2.47. The van der Waals surface area contributed by atoms with Gasteiger partial charge >= 0.3 is 5.97 Å². The van der Waals surface area contributed by atoms with E-state index in [4.69, 9.17) is 9.66 Å². The van der Waals surface area contributed by atoms with E-state index in [0.717, 1.165) is 0 Å². The predicted molar refractivity (Wildman–Crippen MR) is 52.4 cm³/mol. The van der Waals surface area contributed by atoms with Crippen molar-refractivity contribution in [3.05, 3.63) is 0 Å². The summed E-state index contributed by atoms with van der Waals surface area (Å²) in [6.07, 6.45) is -0.0652. The first-order valence-electron chi connectivity index (χ1n) is 4.50. The van der Waals surface area contributed by atoms with E-state index in [1.807, 2.05) is 0 Å². The summed E-state index contributed by atoms with van der Waals surface area (Å²) >= 11 is 0. The van der Waals surface area contributed by atoms with Gasteiger partial charge in [-0.2, -0.15) is 8.42 Å². The van der Waals surface area contributed by atoms with E-state index in [1.54, 1.807) is 0 Å². The maximum Gasteiger partial charge on any atom is 0.322 e. The topological polar surface area (TPSA) is 133 Å². The van der Waals surface area contributed by atoms with E-state index < -0.39 is 39.8 Å². The molecule has 0 spiro atoms. The van der Waals surface area contributed by atoms with Crippen LogP contribution in [-0.2, 0) is 19.7 Å². The molecular weight excluding hydrogens is 240 g/mol. The Labute approximate surface area is 91.8 Å². The summed E-state index contributed by atoms with van der Waals surface area (Å²) in [7, 11) is -4.16. The number of hydrogen-bond donors (Lipinski definition) is 4. The van der Waals surface area contributed by atoms with Crippen LogP contribution in [-0.4, -0.2) is 54.3 Å². The fraction of sp³-hybridized carbons (Fsp3) is 0.714. The number of nitrogens with one attached hydrogen (secondary N) is 2. The number of carbonyl (C=O) groups excluding carboxylic acids is 1. The Bertz CT molecular complexity index is 392. The second-order valence-corrected chi connectivity index (χ2v) is 5.14. The van der Waals surface area contributed by atoms with Crippen molar-refractivity contribution in [3.8, 4) is 0 Å². The van der Waals surface area contributed by atoms with Crippen molar-refractivity contribution in [2.75, 3.05) is 13.1 Å². The molecule has 0 aromatic carbocycles. The standard InChI is InChI=1S/C7H12N2O6S/c10-6(11)3-9-7(12)5-1-4(2-8-5)16(13,14)15/h4-5,8H,1-3H2,(H,9,12)(H,10,11)(H,13,14,15). The van der Waals surface area contributed by atoms with Gasteiger partial charge in [-0.05, 0) is 6.42 Å². The number of carboxylic acids is 1. The van der Waals surface area contributed by atoms with Crippen LogP contribution in [0.15, 0.2) is 0 Å². The number of carboxylic acid groups (broad SMARTS) is 1. The molecule has 16 heavy (non-hydrogen) atoms. The van der Waals surface area contributed by atoms with Crippen LogP contribution in [0.4, 0.5) is 0 Å². The van der Waals surface area contributed by atoms with Gasteiger partial charge in [0.2, 0.25) is 5.91 Å². The van der Waals surface area contributed by atoms with E-state index in [2.05, 4.69) is 10.6 Å². The van der Waals surface area contributed by atoms with Crippen molar-refractivity contribution in [1.82, 2.24) is 10.6 Å². The van der Waals surface area contributed by atoms with Crippen molar-refractivity contribution in [2.45, 2.75) is 17.7 Å². The first kappa shape index (κ1) is 12.9. The molecule has 0 radical (unpaired) electrons. The summed E-state index contributed by atoms with van der Waals surface area (Å²) in [5.41, 5.74) is 0. The van der Waals surface area contributed by atoms with Gasteiger partial charge in [0.1, 0.15) is 11.8 Å². The molecule has 1 fully saturated rings. The van der Waals surface area contributed by atoms with Gasteiger partial charge in [0.25, 0.3) is 10.1 Å². The Morgan fingerprint density at radius 3 is 2.50 bits per heavy atom. The molecule has 1 aliphatic rings. The fourth-order valence-corrected chi connectivity index (χ4v) is 2.16. The van der Waals surface area contributed by atoms with Crippen LogP contribution >= 0.6 is 0 Å². The number of aliphatic carboxylic acids is 1. The van der Waals surface area contributed by atoms with Crippen LogP contribution in [0.1, 0.15) is 6.42 Å². The third-order valence-electron chi connectivity index (χ3n) is 2.24. The highest BCUT2D eigenvalue weighted by molar-refractivity contribution is 7.86. The zero-order valence-corrected chi connectivity index (χ0v) is 9.03. The third-order valence-corrected chi connectivity index (χ3v) is 3.44. The second-order valence-electron chi connectivity index (χ2n) is 3.45. The minimum atomic E-state index is -4.16. The smallest absolute Gasteiger partial charge is 0.322 e. The highest BCUT2D eigenvalue weighted by Crippen LogP contribution is 2.13. The monoisotopic (exact) mass is 252 g/mol. The van der Waals surface area contributed by atoms with E-state index in [-0.39, 0.29) is 13.0 Å². The van der Waals surface area contributed by atoms with Crippen LogP contribution in [0.5, 0.6) is 0 Å². The summed E-state index contributed by atoms with van der Waals surface area (Å²) in [4.78, 5) is 21.5. The minimum absolute atomic E-state index is 0.0238. The van der Waals surface area contributed by atoms with Gasteiger partial charge in [-0.1, -0.05) is 0 Å². The first-order valence-corrected chi connectivity index (χ1v) is 6.00. The average molecular weight is 252 g/mol. The highest BCUT2D eigenvalue weighted by Gasteiger charge is 2.36. The number of hydrogen-bond acceptors (Lipinski definition) is 5. The lowest BCUT2D eigenvalue weighted by Crippen LogP contribution is -2.42. The molecule has 92 valence electrons. The minimum Gasteiger partial charge on any atom is -0.480 e. The molecule has 0 saturated carbocycles. The summed E-state index contributed by atoms with van der Waals surface area (Å²) < 4.78 is 30.3. The zero-order valence-electron chi connectivity index (χ0n) is 8.21. The van der Waals surface area contributed by atoms with Gasteiger partial charge in [0, 0.05) is 6.54 Å². The number of carbonyl (C=O) groups is 2. The van der Waals surface area contributed by atoms with Crippen molar-refractivity contribution in [2.24, 2.45) is 0 Å². The average Bonchev–Trinajstić information content (AvgIpc) is 2.61. The molecule has 1 aliphatic heterocycles.